The van der Waals surface area contributed by atoms with Gasteiger partial charge in [-0.1, -0.05) is 140 Å². The Morgan fingerprint density at radius 3 is 1.85 bits per heavy atom. The number of benzene rings is 5. The summed E-state index contributed by atoms with van der Waals surface area (Å²) < 4.78 is 0. The van der Waals surface area contributed by atoms with Gasteiger partial charge in [-0.15, -0.1) is 0 Å². The molecule has 0 bridgehead atoms. The zero-order valence-electron chi connectivity index (χ0n) is 26.7. The Balaban J connectivity index is 1.50. The zero-order valence-corrected chi connectivity index (χ0v) is 26.7. The summed E-state index contributed by atoms with van der Waals surface area (Å²) in [6.07, 6.45) is 13.9. The largest absolute Gasteiger partial charge is 0.0983 e. The first kappa shape index (κ1) is 27.4. The van der Waals surface area contributed by atoms with Gasteiger partial charge in [0.1, 0.15) is 0 Å². The van der Waals surface area contributed by atoms with Crippen molar-refractivity contribution >= 4 is 5.57 Å². The van der Waals surface area contributed by atoms with E-state index in [-0.39, 0.29) is 0 Å². The van der Waals surface area contributed by atoms with Crippen LogP contribution in [0, 0.1) is 13.8 Å². The molecular formula is C46H38. The predicted molar refractivity (Wildman–Crippen MR) is 193 cm³/mol. The van der Waals surface area contributed by atoms with E-state index in [9.17, 15) is 0 Å². The fraction of sp³-hybridized carbons (Fsp3) is 0.174. The molecule has 4 aliphatic carbocycles. The zero-order chi connectivity index (χ0) is 31.0. The number of hydrogen-bond acceptors (Lipinski definition) is 0. The standard InChI is InChI=1S/C46H38/c1-30-16-4-5-18-33(30)38-29-44-43(28-31(38)2)45(39-23-10-6-19-34(39)35-20-7-11-24-40(35)45)27-15-14-17-32(3)46(44)41-25-12-8-21-36(41)37-22-9-13-26-42(37)46/h4-8,10-13,15-16,18-21,23-29H,3,9,14,17,22H2,1-2H3. The van der Waals surface area contributed by atoms with Crippen molar-refractivity contribution in [3.05, 3.63) is 196 Å². The van der Waals surface area contributed by atoms with Gasteiger partial charge in [0.25, 0.3) is 0 Å². The van der Waals surface area contributed by atoms with Crippen LogP contribution in [0.4, 0.5) is 0 Å². The average molecular weight is 591 g/mol. The van der Waals surface area contributed by atoms with Crippen LogP contribution in [0.3, 0.4) is 0 Å². The molecule has 0 heteroatoms. The molecule has 0 heterocycles. The lowest BCUT2D eigenvalue weighted by atomic mass is 9.60. The Bertz CT molecular complexity index is 2150. The molecule has 0 nitrogen and oxygen atoms in total. The second kappa shape index (κ2) is 10.0. The first-order valence-electron chi connectivity index (χ1n) is 16.8. The molecule has 0 N–H and O–H groups in total. The van der Waals surface area contributed by atoms with Crippen LogP contribution in [0.1, 0.15) is 70.2 Å². The molecule has 46 heavy (non-hydrogen) atoms. The molecule has 4 aliphatic rings. The van der Waals surface area contributed by atoms with Crippen LogP contribution in [-0.4, -0.2) is 0 Å². The Labute approximate surface area is 273 Å². The summed E-state index contributed by atoms with van der Waals surface area (Å²) in [5, 5.41) is 0. The number of fused-ring (bicyclic) bond motifs is 12. The molecule has 0 fully saturated rings. The van der Waals surface area contributed by atoms with Crippen molar-refractivity contribution in [1.29, 1.82) is 0 Å². The summed E-state index contributed by atoms with van der Waals surface area (Å²) in [5.74, 6) is 0. The van der Waals surface area contributed by atoms with Gasteiger partial charge in [0.05, 0.1) is 10.8 Å². The maximum Gasteiger partial charge on any atom is 0.0671 e. The topological polar surface area (TPSA) is 0 Å². The Morgan fingerprint density at radius 2 is 1.13 bits per heavy atom. The Morgan fingerprint density at radius 1 is 0.522 bits per heavy atom. The summed E-state index contributed by atoms with van der Waals surface area (Å²) in [6, 6.07) is 41.5. The smallest absolute Gasteiger partial charge is 0.0671 e. The fourth-order valence-electron chi connectivity index (χ4n) is 9.42. The third kappa shape index (κ3) is 3.45. The van der Waals surface area contributed by atoms with Crippen LogP contribution < -0.4 is 0 Å². The third-order valence-electron chi connectivity index (χ3n) is 11.4. The van der Waals surface area contributed by atoms with Gasteiger partial charge >= 0.3 is 0 Å². The molecule has 1 atom stereocenters. The number of allylic oxidation sites excluding steroid dienone is 7. The van der Waals surface area contributed by atoms with Crippen molar-refractivity contribution in [3.63, 3.8) is 0 Å². The molecule has 9 rings (SSSR count). The van der Waals surface area contributed by atoms with Gasteiger partial charge in [-0.05, 0) is 124 Å². The van der Waals surface area contributed by atoms with Crippen LogP contribution in [-0.2, 0) is 10.8 Å². The number of hydrogen-bond donors (Lipinski definition) is 0. The lowest BCUT2D eigenvalue weighted by molar-refractivity contribution is 0.674. The van der Waals surface area contributed by atoms with E-state index in [2.05, 4.69) is 147 Å². The van der Waals surface area contributed by atoms with Crippen LogP contribution in [0.5, 0.6) is 0 Å². The minimum atomic E-state index is -0.450. The second-order valence-electron chi connectivity index (χ2n) is 13.6. The van der Waals surface area contributed by atoms with Crippen LogP contribution >= 0.6 is 0 Å². The number of aryl methyl sites for hydroxylation is 2. The van der Waals surface area contributed by atoms with Crippen molar-refractivity contribution in [2.75, 3.05) is 0 Å². The van der Waals surface area contributed by atoms with Gasteiger partial charge in [0, 0.05) is 0 Å². The molecule has 2 spiro atoms. The fourth-order valence-corrected chi connectivity index (χ4v) is 9.42. The van der Waals surface area contributed by atoms with Crippen LogP contribution in [0.2, 0.25) is 0 Å². The molecule has 0 radical (unpaired) electrons. The highest BCUT2D eigenvalue weighted by Gasteiger charge is 2.53. The third-order valence-corrected chi connectivity index (χ3v) is 11.4. The molecule has 0 saturated carbocycles. The van der Waals surface area contributed by atoms with Gasteiger partial charge < -0.3 is 0 Å². The summed E-state index contributed by atoms with van der Waals surface area (Å²) >= 11 is 0. The van der Waals surface area contributed by atoms with Crippen LogP contribution in [0.25, 0.3) is 27.8 Å². The van der Waals surface area contributed by atoms with E-state index in [0.717, 1.165) is 25.7 Å². The molecule has 5 aromatic carbocycles. The van der Waals surface area contributed by atoms with E-state index in [1.165, 1.54) is 83.5 Å². The van der Waals surface area contributed by atoms with Crippen molar-refractivity contribution in [2.45, 2.75) is 50.4 Å². The van der Waals surface area contributed by atoms with E-state index in [4.69, 9.17) is 6.58 Å². The molecule has 0 aromatic heterocycles. The van der Waals surface area contributed by atoms with Crippen molar-refractivity contribution in [1.82, 2.24) is 0 Å². The SMILES string of the molecule is C=C1CCC=CC2(c3ccccc3-c3ccccc32)c2cc(C)c(-c3ccccc3C)cc2C12C1=C(CCC=C1)c1ccccc12. The van der Waals surface area contributed by atoms with Gasteiger partial charge in [0.15, 0.2) is 0 Å². The summed E-state index contributed by atoms with van der Waals surface area (Å²) in [6.45, 7) is 9.58. The maximum atomic E-state index is 5.03. The van der Waals surface area contributed by atoms with Crippen LogP contribution in [0.15, 0.2) is 151 Å². The lowest BCUT2D eigenvalue weighted by Crippen LogP contribution is -2.35. The molecular weight excluding hydrogens is 553 g/mol. The van der Waals surface area contributed by atoms with Gasteiger partial charge in [-0.3, -0.25) is 0 Å². The molecule has 0 saturated heterocycles. The van der Waals surface area contributed by atoms with Gasteiger partial charge in [0.2, 0.25) is 0 Å². The second-order valence-corrected chi connectivity index (χ2v) is 13.6. The van der Waals surface area contributed by atoms with Crippen molar-refractivity contribution < 1.29 is 0 Å². The highest BCUT2D eigenvalue weighted by molar-refractivity contribution is 5.91. The first-order chi connectivity index (χ1) is 22.6. The summed E-state index contributed by atoms with van der Waals surface area (Å²) in [4.78, 5) is 0. The first-order valence-corrected chi connectivity index (χ1v) is 16.8. The van der Waals surface area contributed by atoms with Gasteiger partial charge in [-0.2, -0.15) is 0 Å². The van der Waals surface area contributed by atoms with E-state index >= 15 is 0 Å². The van der Waals surface area contributed by atoms with E-state index in [1.54, 1.807) is 0 Å². The van der Waals surface area contributed by atoms with E-state index < -0.39 is 10.8 Å². The van der Waals surface area contributed by atoms with E-state index in [0.29, 0.717) is 0 Å². The highest BCUT2D eigenvalue weighted by Crippen LogP contribution is 2.63. The molecule has 222 valence electrons. The minimum absolute atomic E-state index is 0.425. The summed E-state index contributed by atoms with van der Waals surface area (Å²) in [7, 11) is 0. The van der Waals surface area contributed by atoms with Gasteiger partial charge in [-0.25, -0.2) is 0 Å². The van der Waals surface area contributed by atoms with Crippen molar-refractivity contribution in [3.8, 4) is 22.3 Å². The molecule has 0 aliphatic heterocycles. The summed E-state index contributed by atoms with van der Waals surface area (Å²) in [5.41, 5.74) is 19.6. The highest BCUT2D eigenvalue weighted by atomic mass is 14.5. The average Bonchev–Trinajstić information content (AvgIpc) is 3.57. The van der Waals surface area contributed by atoms with Crippen molar-refractivity contribution in [2.24, 2.45) is 0 Å². The molecule has 0 amide bonds. The minimum Gasteiger partial charge on any atom is -0.0983 e. The molecule has 5 aromatic rings. The predicted octanol–water partition coefficient (Wildman–Crippen LogP) is 11.6. The number of rotatable bonds is 1. The van der Waals surface area contributed by atoms with E-state index in [1.807, 2.05) is 0 Å². The normalized spacial score (nSPS) is 20.1. The maximum absolute atomic E-state index is 5.03. The molecule has 1 unspecified atom stereocenters. The lowest BCUT2D eigenvalue weighted by Gasteiger charge is -2.42. The Kier molecular flexibility index (Phi) is 5.97. The monoisotopic (exact) mass is 590 g/mol. The quantitative estimate of drug-likeness (QED) is 0.170. The Hall–Kier alpha value is -4.94.